The van der Waals surface area contributed by atoms with Gasteiger partial charge in [0.2, 0.25) is 5.91 Å². The Morgan fingerprint density at radius 1 is 1.21 bits per heavy atom. The predicted octanol–water partition coefficient (Wildman–Crippen LogP) is 2.58. The van der Waals surface area contributed by atoms with Crippen molar-refractivity contribution < 1.29 is 9.53 Å². The molecule has 1 amide bonds. The summed E-state index contributed by atoms with van der Waals surface area (Å²) in [4.78, 5) is 14.5. The molecule has 2 atom stereocenters. The molecule has 0 spiro atoms. The van der Waals surface area contributed by atoms with Gasteiger partial charge in [-0.2, -0.15) is 0 Å². The van der Waals surface area contributed by atoms with Crippen LogP contribution in [0.4, 0.5) is 0 Å². The fourth-order valence-electron chi connectivity index (χ4n) is 3.30. The van der Waals surface area contributed by atoms with Crippen LogP contribution in [-0.2, 0) is 11.2 Å². The molecule has 24 heavy (non-hydrogen) atoms. The van der Waals surface area contributed by atoms with Gasteiger partial charge in [-0.25, -0.2) is 0 Å². The van der Waals surface area contributed by atoms with E-state index in [-0.39, 0.29) is 5.91 Å². The zero-order chi connectivity index (χ0) is 16.9. The summed E-state index contributed by atoms with van der Waals surface area (Å²) in [6, 6.07) is 17.6. The molecule has 0 aromatic heterocycles. The highest BCUT2D eigenvalue weighted by Gasteiger charge is 2.30. The summed E-state index contributed by atoms with van der Waals surface area (Å²) in [5.74, 6) is 1.29. The normalized spacial score (nSPS) is 18.4. The van der Waals surface area contributed by atoms with Gasteiger partial charge in [0.15, 0.2) is 0 Å². The van der Waals surface area contributed by atoms with Gasteiger partial charge in [0.1, 0.15) is 5.75 Å². The van der Waals surface area contributed by atoms with Crippen molar-refractivity contribution >= 4 is 5.91 Å². The molecule has 4 heteroatoms. The second kappa shape index (κ2) is 7.49. The average molecular weight is 324 g/mol. The van der Waals surface area contributed by atoms with Crippen molar-refractivity contribution in [1.82, 2.24) is 4.90 Å². The Morgan fingerprint density at radius 3 is 2.58 bits per heavy atom. The maximum absolute atomic E-state index is 12.6. The lowest BCUT2D eigenvalue weighted by atomic mass is 9.98. The first kappa shape index (κ1) is 16.5. The van der Waals surface area contributed by atoms with Crippen LogP contribution in [0.2, 0.25) is 0 Å². The van der Waals surface area contributed by atoms with Gasteiger partial charge in [-0.3, -0.25) is 4.79 Å². The first-order valence-electron chi connectivity index (χ1n) is 8.39. The number of likely N-dealkylation sites (tertiary alicyclic amines) is 1. The Labute approximate surface area is 143 Å². The van der Waals surface area contributed by atoms with Gasteiger partial charge in [-0.15, -0.1) is 0 Å². The Balaban J connectivity index is 1.58. The number of amides is 1. The minimum atomic E-state index is -0.470. The summed E-state index contributed by atoms with van der Waals surface area (Å²) in [5.41, 5.74) is 8.50. The van der Waals surface area contributed by atoms with Crippen LogP contribution < -0.4 is 10.5 Å². The lowest BCUT2D eigenvalue weighted by molar-refractivity contribution is -0.131. The van der Waals surface area contributed by atoms with Crippen LogP contribution in [0.3, 0.4) is 0 Å². The molecule has 1 fully saturated rings. The number of benzene rings is 2. The molecule has 1 saturated heterocycles. The minimum absolute atomic E-state index is 0.0508. The summed E-state index contributed by atoms with van der Waals surface area (Å²) in [5, 5.41) is 0. The summed E-state index contributed by atoms with van der Waals surface area (Å²) in [7, 11) is 1.67. The summed E-state index contributed by atoms with van der Waals surface area (Å²) in [6.07, 6.45) is 1.57. The van der Waals surface area contributed by atoms with Gasteiger partial charge >= 0.3 is 0 Å². The fourth-order valence-corrected chi connectivity index (χ4v) is 3.30. The van der Waals surface area contributed by atoms with Crippen LogP contribution in [0.15, 0.2) is 54.6 Å². The van der Waals surface area contributed by atoms with E-state index in [4.69, 9.17) is 10.5 Å². The molecular formula is C20H24N2O2. The van der Waals surface area contributed by atoms with Gasteiger partial charge in [-0.05, 0) is 36.1 Å². The molecule has 126 valence electrons. The molecule has 2 aromatic carbocycles. The number of carbonyl (C=O) groups is 1. The smallest absolute Gasteiger partial charge is 0.239 e. The van der Waals surface area contributed by atoms with Gasteiger partial charge in [0, 0.05) is 19.0 Å². The zero-order valence-electron chi connectivity index (χ0n) is 14.0. The van der Waals surface area contributed by atoms with Crippen molar-refractivity contribution in [3.8, 4) is 5.75 Å². The van der Waals surface area contributed by atoms with E-state index in [1.165, 1.54) is 5.56 Å². The number of rotatable bonds is 5. The Hall–Kier alpha value is -2.33. The second-order valence-corrected chi connectivity index (χ2v) is 6.34. The number of nitrogens with zero attached hydrogens (tertiary/aromatic N) is 1. The van der Waals surface area contributed by atoms with E-state index >= 15 is 0 Å². The highest BCUT2D eigenvalue weighted by atomic mass is 16.5. The third-order valence-electron chi connectivity index (χ3n) is 4.70. The first-order chi connectivity index (χ1) is 11.7. The van der Waals surface area contributed by atoms with E-state index in [1.54, 1.807) is 7.11 Å². The molecule has 2 N–H and O–H groups in total. The number of hydrogen-bond donors (Lipinski definition) is 1. The van der Waals surface area contributed by atoms with Crippen molar-refractivity contribution in [3.05, 3.63) is 65.7 Å². The van der Waals surface area contributed by atoms with Crippen molar-refractivity contribution in [2.24, 2.45) is 5.73 Å². The van der Waals surface area contributed by atoms with Crippen LogP contribution >= 0.6 is 0 Å². The van der Waals surface area contributed by atoms with E-state index in [1.807, 2.05) is 47.4 Å². The molecule has 0 aliphatic carbocycles. The monoisotopic (exact) mass is 324 g/mol. The minimum Gasteiger partial charge on any atom is -0.497 e. The molecule has 0 unspecified atom stereocenters. The van der Waals surface area contributed by atoms with Crippen LogP contribution in [0, 0.1) is 0 Å². The number of carbonyl (C=O) groups excluding carboxylic acids is 1. The SMILES string of the molecule is COc1ccc([C@H]2CCN(C(=O)[C@@H](N)Cc3ccccc3)C2)cc1. The highest BCUT2D eigenvalue weighted by Crippen LogP contribution is 2.28. The van der Waals surface area contributed by atoms with Crippen molar-refractivity contribution in [3.63, 3.8) is 0 Å². The van der Waals surface area contributed by atoms with E-state index in [0.29, 0.717) is 12.3 Å². The Bertz CT molecular complexity index is 670. The molecule has 1 heterocycles. The molecule has 3 rings (SSSR count). The number of methoxy groups -OCH3 is 1. The van der Waals surface area contributed by atoms with Crippen molar-refractivity contribution in [1.29, 1.82) is 0 Å². The Morgan fingerprint density at radius 2 is 1.92 bits per heavy atom. The molecule has 0 bridgehead atoms. The molecule has 0 saturated carbocycles. The summed E-state index contributed by atoms with van der Waals surface area (Å²) >= 11 is 0. The third-order valence-corrected chi connectivity index (χ3v) is 4.70. The molecular weight excluding hydrogens is 300 g/mol. The first-order valence-corrected chi connectivity index (χ1v) is 8.39. The zero-order valence-corrected chi connectivity index (χ0v) is 14.0. The summed E-state index contributed by atoms with van der Waals surface area (Å²) in [6.45, 7) is 1.52. The molecule has 4 nitrogen and oxygen atoms in total. The van der Waals surface area contributed by atoms with E-state index in [2.05, 4.69) is 12.1 Å². The van der Waals surface area contributed by atoms with Gasteiger partial charge in [0.25, 0.3) is 0 Å². The molecule has 1 aliphatic rings. The largest absolute Gasteiger partial charge is 0.497 e. The van der Waals surface area contributed by atoms with Crippen LogP contribution in [-0.4, -0.2) is 37.0 Å². The third kappa shape index (κ3) is 3.77. The maximum atomic E-state index is 12.6. The second-order valence-electron chi connectivity index (χ2n) is 6.34. The van der Waals surface area contributed by atoms with E-state index in [0.717, 1.165) is 30.8 Å². The van der Waals surface area contributed by atoms with Gasteiger partial charge < -0.3 is 15.4 Å². The summed E-state index contributed by atoms with van der Waals surface area (Å²) < 4.78 is 5.20. The highest BCUT2D eigenvalue weighted by molar-refractivity contribution is 5.82. The number of ether oxygens (including phenoxy) is 1. The average Bonchev–Trinajstić information content (AvgIpc) is 3.12. The topological polar surface area (TPSA) is 55.6 Å². The maximum Gasteiger partial charge on any atom is 0.239 e. The molecule has 2 aromatic rings. The van der Waals surface area contributed by atoms with Crippen molar-refractivity contribution in [2.45, 2.75) is 24.8 Å². The van der Waals surface area contributed by atoms with Crippen LogP contribution in [0.5, 0.6) is 5.75 Å². The van der Waals surface area contributed by atoms with E-state index in [9.17, 15) is 4.79 Å². The lowest BCUT2D eigenvalue weighted by Gasteiger charge is -2.21. The van der Waals surface area contributed by atoms with Crippen molar-refractivity contribution in [2.75, 3.05) is 20.2 Å². The fraction of sp³-hybridized carbons (Fsp3) is 0.350. The standard InChI is InChI=1S/C20H24N2O2/c1-24-18-9-7-16(8-10-18)17-11-12-22(14-17)20(23)19(21)13-15-5-3-2-4-6-15/h2-10,17,19H,11-14,21H2,1H3/t17-,19-/m0/s1. The molecule has 1 aliphatic heterocycles. The number of nitrogens with two attached hydrogens (primary N) is 1. The quantitative estimate of drug-likeness (QED) is 0.920. The van der Waals surface area contributed by atoms with Crippen LogP contribution in [0.1, 0.15) is 23.5 Å². The van der Waals surface area contributed by atoms with E-state index < -0.39 is 6.04 Å². The van der Waals surface area contributed by atoms with Gasteiger partial charge in [0.05, 0.1) is 13.2 Å². The van der Waals surface area contributed by atoms with Gasteiger partial charge in [-0.1, -0.05) is 42.5 Å². The van der Waals surface area contributed by atoms with Crippen LogP contribution in [0.25, 0.3) is 0 Å². The predicted molar refractivity (Wildman–Crippen MR) is 95.1 cm³/mol. The Kier molecular flexibility index (Phi) is 5.16. The number of hydrogen-bond acceptors (Lipinski definition) is 3. The lowest BCUT2D eigenvalue weighted by Crippen LogP contribution is -2.43. The molecule has 0 radical (unpaired) electrons.